The maximum absolute atomic E-state index is 13.4. The molecule has 0 aromatic carbocycles. The first-order valence-corrected chi connectivity index (χ1v) is 12.6. The summed E-state index contributed by atoms with van der Waals surface area (Å²) in [6.07, 6.45) is 6.53. The van der Waals surface area contributed by atoms with Gasteiger partial charge in [0.05, 0.1) is 12.2 Å². The van der Waals surface area contributed by atoms with E-state index in [0.717, 1.165) is 38.4 Å². The van der Waals surface area contributed by atoms with E-state index in [1.807, 2.05) is 4.90 Å². The monoisotopic (exact) mass is 471 g/mol. The largest absolute Gasteiger partial charge is 0.419 e. The van der Waals surface area contributed by atoms with E-state index in [4.69, 9.17) is 4.74 Å². The highest BCUT2D eigenvalue weighted by molar-refractivity contribution is 5.26. The summed E-state index contributed by atoms with van der Waals surface area (Å²) >= 11 is 0. The minimum Gasteiger partial charge on any atom is -0.393 e. The third-order valence-electron chi connectivity index (χ3n) is 9.21. The zero-order valence-electron chi connectivity index (χ0n) is 20.2. The number of ether oxygens (including phenoxy) is 1. The van der Waals surface area contributed by atoms with Gasteiger partial charge in [0.25, 0.3) is 0 Å². The topological polar surface area (TPSA) is 52.9 Å². The van der Waals surface area contributed by atoms with Crippen molar-refractivity contribution >= 4 is 0 Å². The van der Waals surface area contributed by atoms with Gasteiger partial charge in [-0.15, -0.1) is 0 Å². The first-order chi connectivity index (χ1) is 15.5. The Balaban J connectivity index is 1.40. The summed E-state index contributed by atoms with van der Waals surface area (Å²) in [7, 11) is 1.16. The van der Waals surface area contributed by atoms with Crippen LogP contribution in [0, 0.1) is 23.2 Å². The minimum absolute atomic E-state index is 0.0688. The average molecular weight is 472 g/mol. The lowest BCUT2D eigenvalue weighted by Gasteiger charge is -2.51. The second-order valence-electron chi connectivity index (χ2n) is 11.5. The fraction of sp³-hybridized carbons (Fsp3) is 0.846. The number of rotatable bonds is 5. The summed E-state index contributed by atoms with van der Waals surface area (Å²) in [5.41, 5.74) is 0.775. The number of likely N-dealkylation sites (tertiary alicyclic amines) is 1. The summed E-state index contributed by atoms with van der Waals surface area (Å²) in [5, 5.41) is 19.9. The maximum Gasteiger partial charge on any atom is 0.419 e. The molecule has 4 fully saturated rings. The summed E-state index contributed by atoms with van der Waals surface area (Å²) in [4.78, 5) is 1.90. The molecule has 0 radical (unpaired) electrons. The van der Waals surface area contributed by atoms with Crippen molar-refractivity contribution in [2.24, 2.45) is 23.2 Å². The summed E-state index contributed by atoms with van der Waals surface area (Å²) in [6, 6.07) is 0. The van der Waals surface area contributed by atoms with E-state index < -0.39 is 24.0 Å². The molecule has 4 nitrogen and oxygen atoms in total. The van der Waals surface area contributed by atoms with Gasteiger partial charge in [-0.25, -0.2) is 0 Å². The van der Waals surface area contributed by atoms with Gasteiger partial charge in [0.15, 0.2) is 5.60 Å². The molecule has 3 aliphatic carbocycles. The molecule has 4 aliphatic rings. The lowest BCUT2D eigenvalue weighted by Crippen LogP contribution is -2.70. The van der Waals surface area contributed by atoms with Crippen LogP contribution in [0.4, 0.5) is 13.2 Å². The zero-order valence-corrected chi connectivity index (χ0v) is 20.2. The lowest BCUT2D eigenvalue weighted by molar-refractivity contribution is -0.311. The predicted octanol–water partition coefficient (Wildman–Crippen LogP) is 4.86. The molecule has 4 rings (SSSR count). The van der Waals surface area contributed by atoms with Crippen LogP contribution in [-0.4, -0.2) is 65.8 Å². The normalized spacial score (nSPS) is 39.3. The van der Waals surface area contributed by atoms with Gasteiger partial charge >= 0.3 is 6.18 Å². The Morgan fingerprint density at radius 3 is 2.42 bits per heavy atom. The first-order valence-electron chi connectivity index (χ1n) is 12.6. The fourth-order valence-corrected chi connectivity index (χ4v) is 7.51. The molecular weight excluding hydrogens is 431 g/mol. The van der Waals surface area contributed by atoms with Gasteiger partial charge in [-0.2, -0.15) is 13.2 Å². The predicted molar refractivity (Wildman–Crippen MR) is 122 cm³/mol. The van der Waals surface area contributed by atoms with Crippen LogP contribution in [0.3, 0.4) is 0 Å². The van der Waals surface area contributed by atoms with Crippen molar-refractivity contribution in [3.8, 4) is 0 Å². The fourth-order valence-electron chi connectivity index (χ4n) is 7.51. The number of allylic oxidation sites excluding steroid dienone is 3. The number of alkyl halides is 3. The average Bonchev–Trinajstić information content (AvgIpc) is 3.04. The number of aliphatic hydroxyl groups is 2. The Morgan fingerprint density at radius 2 is 1.82 bits per heavy atom. The molecule has 0 unspecified atom stereocenters. The number of hydrogen-bond acceptors (Lipinski definition) is 4. The number of nitrogens with zero attached hydrogens (tertiary/aromatic N) is 1. The van der Waals surface area contributed by atoms with Crippen LogP contribution < -0.4 is 0 Å². The number of fused-ring (bicyclic) bond motifs is 1. The highest BCUT2D eigenvalue weighted by Gasteiger charge is 2.63. The van der Waals surface area contributed by atoms with Crippen LogP contribution in [0.2, 0.25) is 0 Å². The molecule has 1 heterocycles. The summed E-state index contributed by atoms with van der Waals surface area (Å²) < 4.78 is 44.9. The van der Waals surface area contributed by atoms with Crippen molar-refractivity contribution in [2.45, 2.75) is 89.2 Å². The van der Waals surface area contributed by atoms with Gasteiger partial charge in [0.2, 0.25) is 0 Å². The molecular formula is C26H40F3NO3. The number of hydrogen-bond donors (Lipinski definition) is 2. The summed E-state index contributed by atoms with van der Waals surface area (Å²) in [6.45, 7) is 5.16. The SMILES string of the molecule is COC1(C(F)(F)F)CN(C[C@@H](C)[C@H]2CC[C@H]3/C(=C/C=C4C[C@@H](O)C[C@H](O)C4)CCC[C@]23C)C1. The van der Waals surface area contributed by atoms with Gasteiger partial charge in [0, 0.05) is 26.7 Å². The van der Waals surface area contributed by atoms with Crippen LogP contribution in [0.5, 0.6) is 0 Å². The van der Waals surface area contributed by atoms with Crippen molar-refractivity contribution in [3.63, 3.8) is 0 Å². The standard InChI is InChI=1S/C26H40F3NO3/c1-17(14-30-15-25(16-30,33-3)26(27,28)29)22-8-9-23-19(5-4-10-24(22,23)2)7-6-18-11-20(31)13-21(32)12-18/h6-7,17,20-23,31-32H,4-5,8-16H2,1-3H3/b19-7+/t17-,20-,21-,22-,23+,24-/m1/s1. The van der Waals surface area contributed by atoms with Crippen LogP contribution in [0.25, 0.3) is 0 Å². The van der Waals surface area contributed by atoms with Crippen molar-refractivity contribution in [3.05, 3.63) is 23.3 Å². The van der Waals surface area contributed by atoms with Crippen molar-refractivity contribution < 1.29 is 28.1 Å². The Kier molecular flexibility index (Phi) is 7.09. The summed E-state index contributed by atoms with van der Waals surface area (Å²) in [5.74, 6) is 1.35. The smallest absolute Gasteiger partial charge is 0.393 e. The van der Waals surface area contributed by atoms with Crippen LogP contribution >= 0.6 is 0 Å². The molecule has 188 valence electrons. The minimum atomic E-state index is -4.33. The van der Waals surface area contributed by atoms with Crippen molar-refractivity contribution in [2.75, 3.05) is 26.7 Å². The van der Waals surface area contributed by atoms with Crippen molar-refractivity contribution in [1.82, 2.24) is 4.90 Å². The van der Waals surface area contributed by atoms with E-state index >= 15 is 0 Å². The van der Waals surface area contributed by atoms with Gasteiger partial charge in [-0.3, -0.25) is 4.90 Å². The van der Waals surface area contributed by atoms with E-state index in [1.165, 1.54) is 12.0 Å². The van der Waals surface area contributed by atoms with Gasteiger partial charge in [0.1, 0.15) is 0 Å². The molecule has 0 bridgehead atoms. The highest BCUT2D eigenvalue weighted by atomic mass is 19.4. The number of aliphatic hydroxyl groups excluding tert-OH is 2. The van der Waals surface area contributed by atoms with Gasteiger partial charge < -0.3 is 14.9 Å². The number of methoxy groups -OCH3 is 1. The molecule has 2 N–H and O–H groups in total. The molecule has 1 saturated heterocycles. The van der Waals surface area contributed by atoms with E-state index in [-0.39, 0.29) is 18.5 Å². The van der Waals surface area contributed by atoms with Crippen molar-refractivity contribution in [1.29, 1.82) is 0 Å². The molecule has 33 heavy (non-hydrogen) atoms. The van der Waals surface area contributed by atoms with Gasteiger partial charge in [-0.05, 0) is 74.5 Å². The molecule has 0 spiro atoms. The molecule has 0 aromatic rings. The Hall–Kier alpha value is -0.890. The zero-order chi connectivity index (χ0) is 24.0. The Bertz CT molecular complexity index is 761. The van der Waals surface area contributed by atoms with Crippen LogP contribution in [0.1, 0.15) is 65.2 Å². The maximum atomic E-state index is 13.4. The van der Waals surface area contributed by atoms with E-state index in [2.05, 4.69) is 26.0 Å². The Labute approximate surface area is 195 Å². The second-order valence-corrected chi connectivity index (χ2v) is 11.5. The van der Waals surface area contributed by atoms with Crippen LogP contribution in [0.15, 0.2) is 23.3 Å². The van der Waals surface area contributed by atoms with E-state index in [9.17, 15) is 23.4 Å². The molecule has 0 aromatic heterocycles. The Morgan fingerprint density at radius 1 is 1.15 bits per heavy atom. The molecule has 0 amide bonds. The first kappa shape index (κ1) is 25.2. The number of halogens is 3. The lowest BCUT2D eigenvalue weighted by atomic mass is 9.61. The van der Waals surface area contributed by atoms with E-state index in [0.29, 0.717) is 43.6 Å². The third-order valence-corrected chi connectivity index (χ3v) is 9.21. The van der Waals surface area contributed by atoms with E-state index in [1.54, 1.807) is 0 Å². The molecule has 1 aliphatic heterocycles. The molecule has 7 heteroatoms. The van der Waals surface area contributed by atoms with Crippen LogP contribution in [-0.2, 0) is 4.74 Å². The molecule has 3 saturated carbocycles. The molecule has 6 atom stereocenters. The second kappa shape index (κ2) is 9.29. The van der Waals surface area contributed by atoms with Gasteiger partial charge in [-0.1, -0.05) is 37.1 Å². The quantitative estimate of drug-likeness (QED) is 0.601. The highest BCUT2D eigenvalue weighted by Crippen LogP contribution is 2.59. The third kappa shape index (κ3) is 4.80.